The van der Waals surface area contributed by atoms with Crippen molar-refractivity contribution in [2.24, 2.45) is 0 Å². The Morgan fingerprint density at radius 3 is 2.58 bits per heavy atom. The highest BCUT2D eigenvalue weighted by Gasteiger charge is 2.17. The zero-order chi connectivity index (χ0) is 18.7. The summed E-state index contributed by atoms with van der Waals surface area (Å²) in [7, 11) is 3.72. The van der Waals surface area contributed by atoms with E-state index in [4.69, 9.17) is 14.1 Å². The number of hydrogen-bond donors (Lipinski definition) is 0. The van der Waals surface area contributed by atoms with Crippen LogP contribution in [0.4, 0.5) is 0 Å². The fraction of sp³-hybridized carbons (Fsp3) is 0.350. The number of ether oxygens (including phenoxy) is 1. The molecule has 1 aromatic carbocycles. The molecule has 0 saturated heterocycles. The van der Waals surface area contributed by atoms with Gasteiger partial charge in [0.05, 0.1) is 18.5 Å². The minimum atomic E-state index is 0.649. The molecule has 0 aliphatic rings. The fourth-order valence-electron chi connectivity index (χ4n) is 2.94. The summed E-state index contributed by atoms with van der Waals surface area (Å²) in [6, 6.07) is 5.88. The molecule has 0 fully saturated rings. The van der Waals surface area contributed by atoms with E-state index in [-0.39, 0.29) is 0 Å². The van der Waals surface area contributed by atoms with Crippen molar-refractivity contribution in [3.8, 4) is 17.2 Å². The number of nitrogens with zero attached hydrogens (tertiary/aromatic N) is 4. The lowest BCUT2D eigenvalue weighted by Crippen LogP contribution is -2.18. The standard InChI is InChI=1S/C20H24N4O2/c1-13-14(2)19(25-5)7-6-17(13)20-23-18(15(3)26-20)11-24(4)10-16-8-9-21-12-22-16/h6-9,12H,10-11H2,1-5H3. The third kappa shape index (κ3) is 3.75. The van der Waals surface area contributed by atoms with E-state index in [0.29, 0.717) is 12.4 Å². The summed E-state index contributed by atoms with van der Waals surface area (Å²) in [6.07, 6.45) is 3.32. The molecule has 0 aliphatic carbocycles. The van der Waals surface area contributed by atoms with E-state index < -0.39 is 0 Å². The summed E-state index contributed by atoms with van der Waals surface area (Å²) in [6.45, 7) is 7.48. The molecular weight excluding hydrogens is 328 g/mol. The molecular formula is C20H24N4O2. The second-order valence-electron chi connectivity index (χ2n) is 6.46. The minimum Gasteiger partial charge on any atom is -0.496 e. The molecule has 26 heavy (non-hydrogen) atoms. The van der Waals surface area contributed by atoms with Gasteiger partial charge in [-0.1, -0.05) is 0 Å². The van der Waals surface area contributed by atoms with Crippen molar-refractivity contribution in [1.82, 2.24) is 19.9 Å². The molecule has 0 N–H and O–H groups in total. The van der Waals surface area contributed by atoms with Crippen molar-refractivity contribution in [1.29, 1.82) is 0 Å². The van der Waals surface area contributed by atoms with Crippen LogP contribution in [-0.4, -0.2) is 34.0 Å². The van der Waals surface area contributed by atoms with E-state index in [1.807, 2.05) is 39.1 Å². The highest BCUT2D eigenvalue weighted by atomic mass is 16.5. The lowest BCUT2D eigenvalue weighted by atomic mass is 10.0. The van der Waals surface area contributed by atoms with Crippen LogP contribution < -0.4 is 4.74 Å². The molecule has 136 valence electrons. The summed E-state index contributed by atoms with van der Waals surface area (Å²) >= 11 is 0. The number of oxazole rings is 1. The van der Waals surface area contributed by atoms with Gasteiger partial charge in [-0.15, -0.1) is 0 Å². The third-order valence-electron chi connectivity index (χ3n) is 4.58. The van der Waals surface area contributed by atoms with Crippen molar-refractivity contribution in [3.05, 3.63) is 59.0 Å². The number of benzene rings is 1. The second-order valence-corrected chi connectivity index (χ2v) is 6.46. The molecule has 0 aliphatic heterocycles. The predicted octanol–water partition coefficient (Wildman–Crippen LogP) is 3.70. The van der Waals surface area contributed by atoms with Crippen LogP contribution in [-0.2, 0) is 13.1 Å². The first-order chi connectivity index (χ1) is 12.5. The average molecular weight is 352 g/mol. The molecule has 0 atom stereocenters. The largest absolute Gasteiger partial charge is 0.496 e. The molecule has 0 spiro atoms. The van der Waals surface area contributed by atoms with Crippen LogP contribution in [0.1, 0.15) is 28.3 Å². The highest BCUT2D eigenvalue weighted by Crippen LogP contribution is 2.31. The fourth-order valence-corrected chi connectivity index (χ4v) is 2.94. The number of methoxy groups -OCH3 is 1. The number of hydrogen-bond acceptors (Lipinski definition) is 6. The van der Waals surface area contributed by atoms with Gasteiger partial charge in [0.15, 0.2) is 0 Å². The van der Waals surface area contributed by atoms with Gasteiger partial charge in [-0.05, 0) is 57.1 Å². The third-order valence-corrected chi connectivity index (χ3v) is 4.58. The Bertz CT molecular complexity index is 890. The molecule has 2 aromatic heterocycles. The molecule has 3 rings (SSSR count). The van der Waals surface area contributed by atoms with Gasteiger partial charge in [0.25, 0.3) is 0 Å². The smallest absolute Gasteiger partial charge is 0.226 e. The van der Waals surface area contributed by atoms with E-state index in [1.165, 1.54) is 0 Å². The average Bonchev–Trinajstić information content (AvgIpc) is 2.98. The first-order valence-electron chi connectivity index (χ1n) is 8.54. The molecule has 0 radical (unpaired) electrons. The predicted molar refractivity (Wildman–Crippen MR) is 99.9 cm³/mol. The Balaban J connectivity index is 1.80. The quantitative estimate of drug-likeness (QED) is 0.674. The van der Waals surface area contributed by atoms with Gasteiger partial charge < -0.3 is 9.15 Å². The van der Waals surface area contributed by atoms with Crippen LogP contribution in [0.15, 0.2) is 35.1 Å². The maximum atomic E-state index is 5.96. The highest BCUT2D eigenvalue weighted by molar-refractivity contribution is 5.63. The summed E-state index contributed by atoms with van der Waals surface area (Å²) in [5, 5.41) is 0. The Hall–Kier alpha value is -2.73. The lowest BCUT2D eigenvalue weighted by molar-refractivity contribution is 0.309. The van der Waals surface area contributed by atoms with E-state index >= 15 is 0 Å². The molecule has 0 saturated carbocycles. The molecule has 6 heteroatoms. The molecule has 3 aromatic rings. The number of aromatic nitrogens is 3. The van der Waals surface area contributed by atoms with Crippen LogP contribution >= 0.6 is 0 Å². The van der Waals surface area contributed by atoms with E-state index in [2.05, 4.69) is 21.8 Å². The van der Waals surface area contributed by atoms with Crippen LogP contribution in [0.2, 0.25) is 0 Å². The van der Waals surface area contributed by atoms with Crippen molar-refractivity contribution < 1.29 is 9.15 Å². The second kappa shape index (κ2) is 7.66. The summed E-state index contributed by atoms with van der Waals surface area (Å²) < 4.78 is 11.3. The van der Waals surface area contributed by atoms with Gasteiger partial charge in [-0.2, -0.15) is 0 Å². The van der Waals surface area contributed by atoms with Crippen molar-refractivity contribution in [3.63, 3.8) is 0 Å². The zero-order valence-corrected chi connectivity index (χ0v) is 15.9. The van der Waals surface area contributed by atoms with Crippen LogP contribution in [0, 0.1) is 20.8 Å². The normalized spacial score (nSPS) is 11.2. The van der Waals surface area contributed by atoms with Crippen molar-refractivity contribution >= 4 is 0 Å². The van der Waals surface area contributed by atoms with E-state index in [0.717, 1.165) is 46.1 Å². The SMILES string of the molecule is COc1ccc(-c2nc(CN(C)Cc3ccncn3)c(C)o2)c(C)c1C. The van der Waals surface area contributed by atoms with Crippen LogP contribution in [0.3, 0.4) is 0 Å². The van der Waals surface area contributed by atoms with Gasteiger partial charge in [0, 0.05) is 24.8 Å². The summed E-state index contributed by atoms with van der Waals surface area (Å²) in [4.78, 5) is 15.1. The Morgan fingerprint density at radius 2 is 1.88 bits per heavy atom. The van der Waals surface area contributed by atoms with Gasteiger partial charge in [-0.25, -0.2) is 15.0 Å². The molecule has 6 nitrogen and oxygen atoms in total. The van der Waals surface area contributed by atoms with Crippen molar-refractivity contribution in [2.75, 3.05) is 14.2 Å². The summed E-state index contributed by atoms with van der Waals surface area (Å²) in [5.41, 5.74) is 5.13. The van der Waals surface area contributed by atoms with Crippen molar-refractivity contribution in [2.45, 2.75) is 33.9 Å². The molecule has 0 unspecified atom stereocenters. The van der Waals surface area contributed by atoms with Crippen LogP contribution in [0.25, 0.3) is 11.5 Å². The Kier molecular flexibility index (Phi) is 5.32. The molecule has 0 bridgehead atoms. The Morgan fingerprint density at radius 1 is 1.08 bits per heavy atom. The zero-order valence-electron chi connectivity index (χ0n) is 15.9. The lowest BCUT2D eigenvalue weighted by Gasteiger charge is -2.14. The maximum Gasteiger partial charge on any atom is 0.226 e. The van der Waals surface area contributed by atoms with Gasteiger partial charge in [0.2, 0.25) is 5.89 Å². The first-order valence-corrected chi connectivity index (χ1v) is 8.54. The van der Waals surface area contributed by atoms with E-state index in [1.54, 1.807) is 19.6 Å². The topological polar surface area (TPSA) is 64.3 Å². The minimum absolute atomic E-state index is 0.649. The Labute approximate surface area is 153 Å². The van der Waals surface area contributed by atoms with Crippen LogP contribution in [0.5, 0.6) is 5.75 Å². The van der Waals surface area contributed by atoms with Gasteiger partial charge in [0.1, 0.15) is 17.8 Å². The molecule has 0 amide bonds. The summed E-state index contributed by atoms with van der Waals surface area (Å²) in [5.74, 6) is 2.36. The van der Waals surface area contributed by atoms with Gasteiger partial charge in [-0.3, -0.25) is 4.90 Å². The van der Waals surface area contributed by atoms with Gasteiger partial charge >= 0.3 is 0 Å². The van der Waals surface area contributed by atoms with E-state index in [9.17, 15) is 0 Å². The molecule has 2 heterocycles. The number of aryl methyl sites for hydroxylation is 1. The maximum absolute atomic E-state index is 5.96. The number of rotatable bonds is 6. The monoisotopic (exact) mass is 352 g/mol. The first kappa shape index (κ1) is 18.1.